The Morgan fingerprint density at radius 1 is 1.27 bits per heavy atom. The first-order valence-corrected chi connectivity index (χ1v) is 12.1. The largest absolute Gasteiger partial charge is 0.396 e. The molecule has 1 aromatic heterocycles. The molecule has 4 rings (SSSR count). The number of benzene rings is 1. The summed E-state index contributed by atoms with van der Waals surface area (Å²) in [5, 5.41) is 27.7. The lowest BCUT2D eigenvalue weighted by molar-refractivity contribution is -0.144. The van der Waals surface area contributed by atoms with Crippen molar-refractivity contribution in [2.75, 3.05) is 19.0 Å². The molecule has 2 aliphatic carbocycles. The van der Waals surface area contributed by atoms with Crippen LogP contribution < -0.4 is 10.6 Å². The van der Waals surface area contributed by atoms with Crippen molar-refractivity contribution in [3.8, 4) is 0 Å². The Morgan fingerprint density at radius 2 is 1.97 bits per heavy atom. The van der Waals surface area contributed by atoms with Gasteiger partial charge in [-0.15, -0.1) is 11.3 Å². The van der Waals surface area contributed by atoms with Gasteiger partial charge in [0.1, 0.15) is 11.6 Å². The molecule has 0 radical (unpaired) electrons. The number of carbonyl (C=O) groups is 1. The summed E-state index contributed by atoms with van der Waals surface area (Å²) < 4.78 is 27.0. The maximum Gasteiger partial charge on any atom is 0.220 e. The highest BCUT2D eigenvalue weighted by molar-refractivity contribution is 7.15. The fourth-order valence-electron chi connectivity index (χ4n) is 5.92. The molecule has 1 fully saturated rings. The predicted molar refractivity (Wildman–Crippen MR) is 123 cm³/mol. The molecule has 5 unspecified atom stereocenters. The van der Waals surface area contributed by atoms with E-state index in [2.05, 4.69) is 17.6 Å². The quantitative estimate of drug-likeness (QED) is 0.508. The third kappa shape index (κ3) is 4.26. The van der Waals surface area contributed by atoms with Gasteiger partial charge in [-0.25, -0.2) is 13.8 Å². The molecule has 2 aliphatic rings. The molecule has 1 heterocycles. The van der Waals surface area contributed by atoms with Crippen molar-refractivity contribution >= 4 is 22.4 Å². The summed E-state index contributed by atoms with van der Waals surface area (Å²) >= 11 is 1.55. The summed E-state index contributed by atoms with van der Waals surface area (Å²) in [6.07, 6.45) is 1.51. The molecule has 33 heavy (non-hydrogen) atoms. The Hall–Kier alpha value is -2.10. The molecule has 1 aromatic carbocycles. The lowest BCUT2D eigenvalue weighted by atomic mass is 9.47. The second kappa shape index (κ2) is 8.92. The van der Waals surface area contributed by atoms with Gasteiger partial charge < -0.3 is 20.8 Å². The summed E-state index contributed by atoms with van der Waals surface area (Å²) in [7, 11) is 1.81. The summed E-state index contributed by atoms with van der Waals surface area (Å²) in [5.41, 5.74) is 0.230. The van der Waals surface area contributed by atoms with Crippen LogP contribution >= 0.6 is 11.3 Å². The predicted octanol–water partition coefficient (Wildman–Crippen LogP) is 3.59. The molecule has 0 saturated heterocycles. The van der Waals surface area contributed by atoms with Crippen LogP contribution in [0.25, 0.3) is 0 Å². The highest BCUT2D eigenvalue weighted by Gasteiger charge is 2.59. The zero-order chi connectivity index (χ0) is 24.0. The highest BCUT2D eigenvalue weighted by atomic mass is 32.1. The molecule has 0 bridgehead atoms. The van der Waals surface area contributed by atoms with Crippen LogP contribution in [0.1, 0.15) is 55.2 Å². The maximum absolute atomic E-state index is 13.5. The topological polar surface area (TPSA) is 94.5 Å². The minimum atomic E-state index is -0.683. The first kappa shape index (κ1) is 24.0. The van der Waals surface area contributed by atoms with Crippen LogP contribution in [0, 0.1) is 28.4 Å². The first-order chi connectivity index (χ1) is 15.6. The standard InChI is InChI=1S/C24H31F2N3O3S/c1-23-5-4-19(31)24(2,12-30)18(23)10-17-21(29-22(27-3)33-17)16(23)9-20(32)28-11-13-6-14(25)8-15(26)7-13/h6-8,16,18-19,30-31H,4-5,9-12H2,1-3H3,(H,27,29)(H,28,32). The number of thiazole rings is 1. The number of rotatable bonds is 6. The fourth-order valence-corrected chi connectivity index (χ4v) is 6.95. The van der Waals surface area contributed by atoms with E-state index in [9.17, 15) is 23.8 Å². The SMILES string of the molecule is CNc1nc2c(s1)CC1C(C)(CO)C(O)CCC1(C)C2CC(=O)NCc1cc(F)cc(F)c1. The molecule has 9 heteroatoms. The van der Waals surface area contributed by atoms with Gasteiger partial charge in [0.15, 0.2) is 5.13 Å². The van der Waals surface area contributed by atoms with Gasteiger partial charge in [0, 0.05) is 42.3 Å². The van der Waals surface area contributed by atoms with Gasteiger partial charge in [0.2, 0.25) is 5.91 Å². The number of aliphatic hydroxyl groups is 2. The molecule has 0 spiro atoms. The smallest absolute Gasteiger partial charge is 0.220 e. The van der Waals surface area contributed by atoms with Gasteiger partial charge in [-0.1, -0.05) is 13.8 Å². The van der Waals surface area contributed by atoms with Crippen LogP contribution in [-0.2, 0) is 17.8 Å². The van der Waals surface area contributed by atoms with Crippen LogP contribution in [-0.4, -0.2) is 40.9 Å². The van der Waals surface area contributed by atoms with Crippen molar-refractivity contribution in [2.45, 2.75) is 58.1 Å². The third-order valence-corrected chi connectivity index (χ3v) is 9.02. The average Bonchev–Trinajstić information content (AvgIpc) is 3.19. The molecular weight excluding hydrogens is 448 g/mol. The number of hydrogen-bond acceptors (Lipinski definition) is 6. The molecular formula is C24H31F2N3O3S. The van der Waals surface area contributed by atoms with Gasteiger partial charge in [-0.05, 0) is 48.3 Å². The minimum Gasteiger partial charge on any atom is -0.396 e. The number of fused-ring (bicyclic) bond motifs is 2. The molecule has 4 N–H and O–H groups in total. The van der Waals surface area contributed by atoms with Crippen LogP contribution in [0.5, 0.6) is 0 Å². The zero-order valence-electron chi connectivity index (χ0n) is 19.1. The average molecular weight is 480 g/mol. The van der Waals surface area contributed by atoms with Gasteiger partial charge in [-0.3, -0.25) is 4.79 Å². The van der Waals surface area contributed by atoms with Crippen molar-refractivity contribution in [3.63, 3.8) is 0 Å². The summed E-state index contributed by atoms with van der Waals surface area (Å²) in [6, 6.07) is 3.20. The Balaban J connectivity index is 1.62. The van der Waals surface area contributed by atoms with E-state index in [0.717, 1.165) is 21.8 Å². The fraction of sp³-hybridized carbons (Fsp3) is 0.583. The van der Waals surface area contributed by atoms with Crippen LogP contribution in [0.2, 0.25) is 0 Å². The Bertz CT molecular complexity index is 1030. The van der Waals surface area contributed by atoms with Gasteiger partial charge in [0.25, 0.3) is 0 Å². The number of halogens is 2. The van der Waals surface area contributed by atoms with Gasteiger partial charge in [-0.2, -0.15) is 0 Å². The molecule has 1 saturated carbocycles. The van der Waals surface area contributed by atoms with Crippen molar-refractivity contribution < 1.29 is 23.8 Å². The summed E-state index contributed by atoms with van der Waals surface area (Å²) in [4.78, 5) is 18.9. The minimum absolute atomic E-state index is 0.0217. The lowest BCUT2D eigenvalue weighted by Crippen LogP contribution is -2.57. The molecule has 6 nitrogen and oxygen atoms in total. The Labute approximate surface area is 196 Å². The number of nitrogens with zero attached hydrogens (tertiary/aromatic N) is 1. The monoisotopic (exact) mass is 479 g/mol. The van der Waals surface area contributed by atoms with E-state index in [1.165, 1.54) is 12.1 Å². The van der Waals surface area contributed by atoms with Gasteiger partial charge in [0.05, 0.1) is 18.4 Å². The number of carbonyl (C=O) groups excluding carboxylic acids is 1. The van der Waals surface area contributed by atoms with Crippen LogP contribution in [0.4, 0.5) is 13.9 Å². The molecule has 5 atom stereocenters. The second-order valence-electron chi connectivity index (χ2n) is 9.87. The van der Waals surface area contributed by atoms with E-state index in [-0.39, 0.29) is 42.7 Å². The normalized spacial score (nSPS) is 30.9. The van der Waals surface area contributed by atoms with Crippen molar-refractivity contribution in [3.05, 3.63) is 46.0 Å². The van der Waals surface area contributed by atoms with E-state index in [4.69, 9.17) is 4.98 Å². The number of aromatic nitrogens is 1. The third-order valence-electron chi connectivity index (χ3n) is 7.91. The van der Waals surface area contributed by atoms with E-state index in [1.54, 1.807) is 18.4 Å². The van der Waals surface area contributed by atoms with E-state index in [0.29, 0.717) is 24.8 Å². The van der Waals surface area contributed by atoms with Crippen LogP contribution in [0.3, 0.4) is 0 Å². The van der Waals surface area contributed by atoms with E-state index in [1.807, 2.05) is 6.92 Å². The Kier molecular flexibility index (Phi) is 6.50. The number of anilines is 1. The van der Waals surface area contributed by atoms with Crippen LogP contribution in [0.15, 0.2) is 18.2 Å². The molecule has 2 aromatic rings. The summed E-state index contributed by atoms with van der Waals surface area (Å²) in [5.74, 6) is -1.82. The Morgan fingerprint density at radius 3 is 2.61 bits per heavy atom. The first-order valence-electron chi connectivity index (χ1n) is 11.3. The molecule has 0 aliphatic heterocycles. The molecule has 180 valence electrons. The molecule has 1 amide bonds. The van der Waals surface area contributed by atoms with E-state index < -0.39 is 23.2 Å². The van der Waals surface area contributed by atoms with E-state index >= 15 is 0 Å². The van der Waals surface area contributed by atoms with Crippen molar-refractivity contribution in [1.82, 2.24) is 10.3 Å². The maximum atomic E-state index is 13.5. The number of nitrogens with one attached hydrogen (secondary N) is 2. The summed E-state index contributed by atoms with van der Waals surface area (Å²) in [6.45, 7) is 3.96. The second-order valence-corrected chi connectivity index (χ2v) is 11.0. The van der Waals surface area contributed by atoms with Crippen molar-refractivity contribution in [2.24, 2.45) is 16.7 Å². The zero-order valence-corrected chi connectivity index (χ0v) is 19.9. The number of aliphatic hydroxyl groups excluding tert-OH is 2. The van der Waals surface area contributed by atoms with Crippen molar-refractivity contribution in [1.29, 1.82) is 0 Å². The number of amides is 1. The number of hydrogen-bond donors (Lipinski definition) is 4. The lowest BCUT2D eigenvalue weighted by Gasteiger charge is -2.58. The van der Waals surface area contributed by atoms with Gasteiger partial charge >= 0.3 is 0 Å². The highest BCUT2D eigenvalue weighted by Crippen LogP contribution is 2.62.